The zero-order valence-corrected chi connectivity index (χ0v) is 12.3. The molecule has 0 aromatic heterocycles. The molecule has 0 saturated carbocycles. The van der Waals surface area contributed by atoms with Gasteiger partial charge in [-0.2, -0.15) is 0 Å². The number of hydrogen-bond donors (Lipinski definition) is 2. The molecule has 2 N–H and O–H groups in total. The Labute approximate surface area is 132 Å². The molecule has 0 aliphatic heterocycles. The summed E-state index contributed by atoms with van der Waals surface area (Å²) in [6.07, 6.45) is 0. The van der Waals surface area contributed by atoms with Crippen molar-refractivity contribution < 1.29 is 19.6 Å². The fraction of sp³-hybridized carbons (Fsp3) is 0.188. The molecule has 23 heavy (non-hydrogen) atoms. The van der Waals surface area contributed by atoms with E-state index >= 15 is 0 Å². The van der Waals surface area contributed by atoms with Crippen molar-refractivity contribution in [2.75, 3.05) is 18.5 Å². The maximum atomic E-state index is 12.2. The van der Waals surface area contributed by atoms with Crippen molar-refractivity contribution in [2.45, 2.75) is 6.61 Å². The van der Waals surface area contributed by atoms with E-state index in [0.29, 0.717) is 23.4 Å². The van der Waals surface area contributed by atoms with Crippen molar-refractivity contribution in [3.63, 3.8) is 0 Å². The van der Waals surface area contributed by atoms with E-state index in [1.807, 2.05) is 0 Å². The van der Waals surface area contributed by atoms with Gasteiger partial charge in [-0.05, 0) is 18.2 Å². The molecule has 7 heteroatoms. The number of aliphatic hydroxyl groups excluding tert-OH is 1. The van der Waals surface area contributed by atoms with Gasteiger partial charge in [0.1, 0.15) is 6.61 Å². The van der Waals surface area contributed by atoms with Crippen molar-refractivity contribution in [1.29, 1.82) is 0 Å². The first-order valence-electron chi connectivity index (χ1n) is 6.96. The summed E-state index contributed by atoms with van der Waals surface area (Å²) in [4.78, 5) is 22.6. The van der Waals surface area contributed by atoms with Crippen molar-refractivity contribution in [3.05, 3.63) is 69.8 Å². The summed E-state index contributed by atoms with van der Waals surface area (Å²) in [5.74, 6) is -0.593. The topological polar surface area (TPSA) is 102 Å². The van der Waals surface area contributed by atoms with Gasteiger partial charge in [0.15, 0.2) is 0 Å². The van der Waals surface area contributed by atoms with Gasteiger partial charge in [0.05, 0.1) is 22.7 Å². The van der Waals surface area contributed by atoms with E-state index in [1.54, 1.807) is 42.5 Å². The highest BCUT2D eigenvalue weighted by Crippen LogP contribution is 2.21. The summed E-state index contributed by atoms with van der Waals surface area (Å²) in [5, 5.41) is 22.7. The summed E-state index contributed by atoms with van der Waals surface area (Å²) in [7, 11) is 0. The van der Waals surface area contributed by atoms with Crippen LogP contribution in [0.5, 0.6) is 0 Å². The standard InChI is InChI=1S/C16H16N2O5/c19-10-9-17-14-7-3-2-6-13(14)16(20)23-11-12-5-1-4-8-15(12)18(21)22/h1-8,17,19H,9-11H2. The van der Waals surface area contributed by atoms with E-state index in [1.165, 1.54) is 6.07 Å². The van der Waals surface area contributed by atoms with Gasteiger partial charge in [0.2, 0.25) is 0 Å². The van der Waals surface area contributed by atoms with Gasteiger partial charge in [-0.25, -0.2) is 4.79 Å². The highest BCUT2D eigenvalue weighted by molar-refractivity contribution is 5.95. The Morgan fingerprint density at radius 2 is 1.87 bits per heavy atom. The van der Waals surface area contributed by atoms with Crippen LogP contribution in [0, 0.1) is 10.1 Å². The van der Waals surface area contributed by atoms with Gasteiger partial charge in [0, 0.05) is 18.3 Å². The second kappa shape index (κ2) is 7.90. The maximum absolute atomic E-state index is 12.2. The zero-order chi connectivity index (χ0) is 16.7. The number of nitrogens with zero attached hydrogens (tertiary/aromatic N) is 1. The number of anilines is 1. The molecule has 0 aliphatic carbocycles. The number of carbonyl (C=O) groups is 1. The molecule has 2 aromatic carbocycles. The molecule has 0 amide bonds. The monoisotopic (exact) mass is 316 g/mol. The van der Waals surface area contributed by atoms with Crippen LogP contribution in [0.1, 0.15) is 15.9 Å². The minimum absolute atomic E-state index is 0.0698. The smallest absolute Gasteiger partial charge is 0.340 e. The molecule has 0 radical (unpaired) electrons. The van der Waals surface area contributed by atoms with Crippen molar-refractivity contribution in [1.82, 2.24) is 0 Å². The largest absolute Gasteiger partial charge is 0.457 e. The molecule has 0 bridgehead atoms. The third-order valence-electron chi connectivity index (χ3n) is 3.12. The van der Waals surface area contributed by atoms with Gasteiger partial charge in [0.25, 0.3) is 5.69 Å². The van der Waals surface area contributed by atoms with Crippen LogP contribution in [0.4, 0.5) is 11.4 Å². The zero-order valence-electron chi connectivity index (χ0n) is 12.3. The van der Waals surface area contributed by atoms with Gasteiger partial charge in [-0.1, -0.05) is 24.3 Å². The SMILES string of the molecule is O=C(OCc1ccccc1[N+](=O)[O-])c1ccccc1NCCO. The summed E-state index contributed by atoms with van der Waals surface area (Å²) < 4.78 is 5.18. The number of nitrogens with one attached hydrogen (secondary N) is 1. The number of nitro benzene ring substituents is 1. The molecule has 0 spiro atoms. The summed E-state index contributed by atoms with van der Waals surface area (Å²) in [6.45, 7) is 0.0400. The lowest BCUT2D eigenvalue weighted by atomic mass is 10.1. The van der Waals surface area contributed by atoms with E-state index in [4.69, 9.17) is 9.84 Å². The van der Waals surface area contributed by atoms with Crippen LogP contribution in [-0.2, 0) is 11.3 Å². The van der Waals surface area contributed by atoms with Crippen LogP contribution in [0.2, 0.25) is 0 Å². The maximum Gasteiger partial charge on any atom is 0.340 e. The number of ether oxygens (including phenoxy) is 1. The van der Waals surface area contributed by atoms with Crippen LogP contribution >= 0.6 is 0 Å². The summed E-state index contributed by atoms with van der Waals surface area (Å²) in [6, 6.07) is 12.8. The van der Waals surface area contributed by atoms with Crippen molar-refractivity contribution in [2.24, 2.45) is 0 Å². The fourth-order valence-corrected chi connectivity index (χ4v) is 2.04. The van der Waals surface area contributed by atoms with E-state index < -0.39 is 10.9 Å². The molecule has 0 unspecified atom stereocenters. The number of para-hydroxylation sites is 2. The van der Waals surface area contributed by atoms with Crippen molar-refractivity contribution >= 4 is 17.3 Å². The number of aliphatic hydroxyl groups is 1. The molecule has 120 valence electrons. The first kappa shape index (κ1) is 16.4. The van der Waals surface area contributed by atoms with E-state index in [2.05, 4.69) is 5.32 Å². The van der Waals surface area contributed by atoms with Crippen LogP contribution in [0.3, 0.4) is 0 Å². The van der Waals surface area contributed by atoms with Crippen LogP contribution in [-0.4, -0.2) is 29.2 Å². The average molecular weight is 316 g/mol. The van der Waals surface area contributed by atoms with Gasteiger partial charge >= 0.3 is 5.97 Å². The molecule has 2 rings (SSSR count). The van der Waals surface area contributed by atoms with E-state index in [-0.39, 0.29) is 18.9 Å². The minimum Gasteiger partial charge on any atom is -0.457 e. The van der Waals surface area contributed by atoms with Gasteiger partial charge in [-0.3, -0.25) is 10.1 Å². The third kappa shape index (κ3) is 4.27. The molecule has 2 aromatic rings. The highest BCUT2D eigenvalue weighted by Gasteiger charge is 2.16. The van der Waals surface area contributed by atoms with E-state index in [9.17, 15) is 14.9 Å². The average Bonchev–Trinajstić information content (AvgIpc) is 2.58. The number of rotatable bonds is 7. The Morgan fingerprint density at radius 1 is 1.17 bits per heavy atom. The Balaban J connectivity index is 2.10. The molecule has 0 fully saturated rings. The highest BCUT2D eigenvalue weighted by atomic mass is 16.6. The molecular formula is C16H16N2O5. The molecule has 7 nitrogen and oxygen atoms in total. The number of carbonyl (C=O) groups excluding carboxylic acids is 1. The van der Waals surface area contributed by atoms with Crippen molar-refractivity contribution in [3.8, 4) is 0 Å². The number of nitro groups is 1. The van der Waals surface area contributed by atoms with Crippen LogP contribution in [0.15, 0.2) is 48.5 Å². The van der Waals surface area contributed by atoms with Gasteiger partial charge < -0.3 is 15.2 Å². The number of hydrogen-bond acceptors (Lipinski definition) is 6. The number of benzene rings is 2. The Morgan fingerprint density at radius 3 is 2.61 bits per heavy atom. The lowest BCUT2D eigenvalue weighted by molar-refractivity contribution is -0.385. The Bertz CT molecular complexity index is 702. The first-order valence-corrected chi connectivity index (χ1v) is 6.96. The fourth-order valence-electron chi connectivity index (χ4n) is 2.04. The lowest BCUT2D eigenvalue weighted by Gasteiger charge is -2.11. The predicted molar refractivity (Wildman–Crippen MR) is 84.2 cm³/mol. The predicted octanol–water partition coefficient (Wildman–Crippen LogP) is 2.36. The Kier molecular flexibility index (Phi) is 5.65. The lowest BCUT2D eigenvalue weighted by Crippen LogP contribution is -2.12. The summed E-state index contributed by atoms with van der Waals surface area (Å²) >= 11 is 0. The number of esters is 1. The third-order valence-corrected chi connectivity index (χ3v) is 3.12. The summed E-state index contributed by atoms with van der Waals surface area (Å²) in [5.41, 5.74) is 1.08. The molecule has 0 saturated heterocycles. The van der Waals surface area contributed by atoms with Crippen LogP contribution in [0.25, 0.3) is 0 Å². The molecule has 0 aliphatic rings. The Hall–Kier alpha value is -2.93. The molecule has 0 heterocycles. The first-order chi connectivity index (χ1) is 11.1. The molecule has 0 atom stereocenters. The molecular weight excluding hydrogens is 300 g/mol. The second-order valence-corrected chi connectivity index (χ2v) is 4.66. The minimum atomic E-state index is -0.593. The quantitative estimate of drug-likeness (QED) is 0.462. The second-order valence-electron chi connectivity index (χ2n) is 4.66. The van der Waals surface area contributed by atoms with Crippen LogP contribution < -0.4 is 5.32 Å². The normalized spacial score (nSPS) is 10.1. The van der Waals surface area contributed by atoms with Gasteiger partial charge in [-0.15, -0.1) is 0 Å². The van der Waals surface area contributed by atoms with E-state index in [0.717, 1.165) is 0 Å².